The van der Waals surface area contributed by atoms with E-state index in [1.54, 1.807) is 34.0 Å². The van der Waals surface area contributed by atoms with Crippen LogP contribution in [-0.4, -0.2) is 37.4 Å². The zero-order chi connectivity index (χ0) is 20.3. The van der Waals surface area contributed by atoms with Crippen LogP contribution in [-0.2, 0) is 25.8 Å². The van der Waals surface area contributed by atoms with Crippen molar-refractivity contribution in [3.8, 4) is 0 Å². The van der Waals surface area contributed by atoms with E-state index < -0.39 is 23.0 Å². The molecule has 2 N–H and O–H groups in total. The number of hydroxylamine groups is 1. The second-order valence-corrected chi connectivity index (χ2v) is 7.62. The van der Waals surface area contributed by atoms with Gasteiger partial charge in [0.05, 0.1) is 6.61 Å². The van der Waals surface area contributed by atoms with Crippen molar-refractivity contribution >= 4 is 18.7 Å². The van der Waals surface area contributed by atoms with Gasteiger partial charge in [-0.1, -0.05) is 37.3 Å². The minimum Gasteiger partial charge on any atom is -0.444 e. The zero-order valence-corrected chi connectivity index (χ0v) is 16.3. The average molecular weight is 376 g/mol. The molecule has 7 nitrogen and oxygen atoms in total. The molecule has 1 rings (SSSR count). The summed E-state index contributed by atoms with van der Waals surface area (Å²) in [5.74, 6) is -0.752. The van der Waals surface area contributed by atoms with Gasteiger partial charge in [-0.05, 0) is 26.3 Å². The number of hydrogen-bond acceptors (Lipinski definition) is 6. The van der Waals surface area contributed by atoms with Crippen LogP contribution in [0.5, 0.6) is 0 Å². The Kier molecular flexibility index (Phi) is 9.11. The number of ether oxygens (including phenoxy) is 1. The van der Waals surface area contributed by atoms with Crippen LogP contribution in [0, 0.1) is 11.3 Å². The molecule has 0 aromatic heterocycles. The number of amides is 1. The topological polar surface area (TPSA) is 93.7 Å². The zero-order valence-electron chi connectivity index (χ0n) is 16.3. The smallest absolute Gasteiger partial charge is 0.407 e. The molecule has 0 heterocycles. The fourth-order valence-corrected chi connectivity index (χ4v) is 2.34. The van der Waals surface area contributed by atoms with Crippen LogP contribution in [0.4, 0.5) is 4.79 Å². The Hall–Kier alpha value is -2.25. The minimum atomic E-state index is -0.813. The van der Waals surface area contributed by atoms with Gasteiger partial charge in [-0.25, -0.2) is 10.3 Å². The van der Waals surface area contributed by atoms with Gasteiger partial charge in [0, 0.05) is 30.8 Å². The summed E-state index contributed by atoms with van der Waals surface area (Å²) in [5.41, 5.74) is 2.36. The number of alkyl carbamates (subject to hydrolysis) is 1. The molecule has 1 unspecified atom stereocenters. The molecule has 0 aliphatic carbocycles. The lowest BCUT2D eigenvalue weighted by atomic mass is 9.76. The quantitative estimate of drug-likeness (QED) is 0.455. The van der Waals surface area contributed by atoms with Gasteiger partial charge in [0.1, 0.15) is 5.60 Å². The Labute approximate surface area is 160 Å². The maximum Gasteiger partial charge on any atom is 0.407 e. The maximum atomic E-state index is 11.9. The minimum absolute atomic E-state index is 0.102. The predicted octanol–water partition coefficient (Wildman–Crippen LogP) is 2.46. The largest absolute Gasteiger partial charge is 0.444 e. The van der Waals surface area contributed by atoms with Crippen molar-refractivity contribution in [1.82, 2.24) is 10.8 Å². The van der Waals surface area contributed by atoms with Crippen molar-refractivity contribution in [2.24, 2.45) is 11.3 Å². The number of hydrogen-bond donors (Lipinski definition) is 2. The van der Waals surface area contributed by atoms with Gasteiger partial charge in [0.25, 0.3) is 0 Å². The highest BCUT2D eigenvalue weighted by Crippen LogP contribution is 2.27. The molecule has 1 amide bonds. The maximum absolute atomic E-state index is 11.9. The van der Waals surface area contributed by atoms with Crippen LogP contribution < -0.4 is 10.8 Å². The SMILES string of the molecule is CC(C)(C)OC(=O)NC[C@](C)(CNOCc1ccccc1)C([C]=O)C[C]=O. The summed E-state index contributed by atoms with van der Waals surface area (Å²) < 4.78 is 5.21. The van der Waals surface area contributed by atoms with Crippen LogP contribution in [0.25, 0.3) is 0 Å². The van der Waals surface area contributed by atoms with Gasteiger partial charge in [-0.3, -0.25) is 14.4 Å². The fourth-order valence-electron chi connectivity index (χ4n) is 2.34. The standard InChI is InChI=1S/C20H28N2O5/c1-19(2,3)27-18(25)21-14-20(4,17(12-24)10-11-23)15-22-26-13-16-8-6-5-7-9-16/h5-9,17,22H,10,13-15H2,1-4H3,(H,21,25)/t17?,20-/m1/s1. The summed E-state index contributed by atoms with van der Waals surface area (Å²) >= 11 is 0. The van der Waals surface area contributed by atoms with Gasteiger partial charge < -0.3 is 10.1 Å². The highest BCUT2D eigenvalue weighted by molar-refractivity contribution is 5.68. The molecule has 0 aliphatic heterocycles. The van der Waals surface area contributed by atoms with E-state index >= 15 is 0 Å². The molecule has 0 fully saturated rings. The Morgan fingerprint density at radius 1 is 1.11 bits per heavy atom. The fraction of sp³-hybridized carbons (Fsp3) is 0.550. The first-order valence-electron chi connectivity index (χ1n) is 8.78. The van der Waals surface area contributed by atoms with Crippen LogP contribution in [0.3, 0.4) is 0 Å². The molecule has 2 atom stereocenters. The normalized spacial score (nSPS) is 14.7. The number of benzene rings is 1. The first-order valence-corrected chi connectivity index (χ1v) is 8.78. The van der Waals surface area contributed by atoms with Gasteiger partial charge in [0.2, 0.25) is 6.29 Å². The third-order valence-corrected chi connectivity index (χ3v) is 3.97. The lowest BCUT2D eigenvalue weighted by Gasteiger charge is -2.34. The molecule has 1 aromatic rings. The van der Waals surface area contributed by atoms with Crippen molar-refractivity contribution in [3.63, 3.8) is 0 Å². The number of carbonyl (C=O) groups excluding carboxylic acids is 3. The Balaban J connectivity index is 2.65. The van der Waals surface area contributed by atoms with Crippen molar-refractivity contribution in [3.05, 3.63) is 35.9 Å². The molecule has 0 aliphatic rings. The molecular formula is C20H28N2O5. The van der Waals surface area contributed by atoms with E-state index in [0.717, 1.165) is 5.56 Å². The van der Waals surface area contributed by atoms with Gasteiger partial charge in [-0.2, -0.15) is 0 Å². The van der Waals surface area contributed by atoms with Gasteiger partial charge in [-0.15, -0.1) is 0 Å². The van der Waals surface area contributed by atoms with E-state index in [9.17, 15) is 14.4 Å². The summed E-state index contributed by atoms with van der Waals surface area (Å²) in [4.78, 5) is 39.5. The second-order valence-electron chi connectivity index (χ2n) is 7.62. The van der Waals surface area contributed by atoms with Crippen LogP contribution in [0.1, 0.15) is 39.7 Å². The van der Waals surface area contributed by atoms with E-state index in [-0.39, 0.29) is 19.5 Å². The second kappa shape index (κ2) is 10.8. The molecule has 0 spiro atoms. The molecular weight excluding hydrogens is 348 g/mol. The highest BCUT2D eigenvalue weighted by Gasteiger charge is 2.36. The van der Waals surface area contributed by atoms with Crippen LogP contribution in [0.2, 0.25) is 0 Å². The molecule has 7 heteroatoms. The summed E-state index contributed by atoms with van der Waals surface area (Å²) in [7, 11) is 0. The summed E-state index contributed by atoms with van der Waals surface area (Å²) in [5, 5.41) is 2.65. The lowest BCUT2D eigenvalue weighted by molar-refractivity contribution is -0.000948. The highest BCUT2D eigenvalue weighted by atomic mass is 16.6. The molecule has 2 radical (unpaired) electrons. The molecule has 0 saturated heterocycles. The molecule has 27 heavy (non-hydrogen) atoms. The van der Waals surface area contributed by atoms with Crippen molar-refractivity contribution in [2.75, 3.05) is 13.1 Å². The number of nitrogens with one attached hydrogen (secondary N) is 2. The van der Waals surface area contributed by atoms with Gasteiger partial charge >= 0.3 is 6.09 Å². The number of rotatable bonds is 11. The summed E-state index contributed by atoms with van der Waals surface area (Å²) in [6.45, 7) is 7.70. The van der Waals surface area contributed by atoms with E-state index in [1.807, 2.05) is 36.6 Å². The van der Waals surface area contributed by atoms with Crippen molar-refractivity contribution in [1.29, 1.82) is 0 Å². The van der Waals surface area contributed by atoms with E-state index in [4.69, 9.17) is 9.57 Å². The molecule has 1 aromatic carbocycles. The first kappa shape index (κ1) is 22.8. The lowest BCUT2D eigenvalue weighted by Crippen LogP contribution is -2.48. The van der Waals surface area contributed by atoms with Gasteiger partial charge in [0.15, 0.2) is 6.29 Å². The van der Waals surface area contributed by atoms with Crippen LogP contribution in [0.15, 0.2) is 30.3 Å². The molecule has 0 saturated carbocycles. The predicted molar refractivity (Wildman–Crippen MR) is 101 cm³/mol. The number of carbonyl (C=O) groups is 1. The monoisotopic (exact) mass is 376 g/mol. The first-order chi connectivity index (χ1) is 12.7. The molecule has 0 bridgehead atoms. The Morgan fingerprint density at radius 3 is 2.33 bits per heavy atom. The summed E-state index contributed by atoms with van der Waals surface area (Å²) in [6.07, 6.45) is 2.90. The Bertz CT molecular complexity index is 600. The third kappa shape index (κ3) is 8.79. The van der Waals surface area contributed by atoms with Crippen molar-refractivity contribution in [2.45, 2.75) is 46.3 Å². The average Bonchev–Trinajstić information content (AvgIpc) is 2.61. The van der Waals surface area contributed by atoms with Crippen LogP contribution >= 0.6 is 0 Å². The summed E-state index contributed by atoms with van der Waals surface area (Å²) in [6, 6.07) is 9.58. The van der Waals surface area contributed by atoms with Crippen molar-refractivity contribution < 1.29 is 24.0 Å². The van der Waals surface area contributed by atoms with E-state index in [0.29, 0.717) is 6.61 Å². The van der Waals surface area contributed by atoms with E-state index in [1.165, 1.54) is 0 Å². The van der Waals surface area contributed by atoms with E-state index in [2.05, 4.69) is 10.8 Å². The third-order valence-electron chi connectivity index (χ3n) is 3.97. The Morgan fingerprint density at radius 2 is 1.78 bits per heavy atom. The molecule has 148 valence electrons.